The van der Waals surface area contributed by atoms with E-state index in [2.05, 4.69) is 15.6 Å². The molecule has 0 saturated carbocycles. The van der Waals surface area contributed by atoms with E-state index in [-0.39, 0.29) is 36.2 Å². The SMILES string of the molecule is COc1cc2cc(c1OC)CCCNC(=O)C[C@@H]1CC[C@H](CNC(=O)CC2)N1C(=O)c1nn(Cc2ccccc2)c2ncccc12. The first-order chi connectivity index (χ1) is 22.4. The van der Waals surface area contributed by atoms with Crippen molar-refractivity contribution in [2.24, 2.45) is 0 Å². The quantitative estimate of drug-likeness (QED) is 0.347. The van der Waals surface area contributed by atoms with Gasteiger partial charge in [-0.3, -0.25) is 14.4 Å². The number of pyridine rings is 1. The Morgan fingerprint density at radius 1 is 0.935 bits per heavy atom. The second-order valence-corrected chi connectivity index (χ2v) is 11.9. The highest BCUT2D eigenvalue weighted by Gasteiger charge is 2.40. The number of nitrogens with zero attached hydrogens (tertiary/aromatic N) is 4. The van der Waals surface area contributed by atoms with E-state index in [1.165, 1.54) is 0 Å². The first-order valence-electron chi connectivity index (χ1n) is 15.9. The van der Waals surface area contributed by atoms with Gasteiger partial charge in [0.1, 0.15) is 0 Å². The van der Waals surface area contributed by atoms with E-state index in [4.69, 9.17) is 14.6 Å². The lowest BCUT2D eigenvalue weighted by Gasteiger charge is -2.30. The molecular formula is C35H40N6O5. The van der Waals surface area contributed by atoms with Crippen LogP contribution in [-0.2, 0) is 29.0 Å². The standard InChI is InChI=1S/C35H40N6O5/c1-45-29-19-24-12-15-30(42)38-21-27-14-13-26(20-31(43)36-16-6-10-25(18-24)33(29)46-2)41(27)35(44)32-28-11-7-17-37-34(28)40(39-32)22-23-8-4-3-5-9-23/h3-5,7-9,11,17-19,26-27H,6,10,12-16,20-22H2,1-2H3,(H,36,43)(H,38,42)/t26-,27+/m0/s1. The Morgan fingerprint density at radius 3 is 2.57 bits per heavy atom. The first kappa shape index (κ1) is 31.1. The molecule has 240 valence electrons. The van der Waals surface area contributed by atoms with Crippen molar-refractivity contribution in [3.63, 3.8) is 0 Å². The summed E-state index contributed by atoms with van der Waals surface area (Å²) in [5, 5.41) is 11.5. The fraction of sp³-hybridized carbons (Fsp3) is 0.400. The number of aromatic nitrogens is 3. The van der Waals surface area contributed by atoms with E-state index in [0.29, 0.717) is 86.4 Å². The molecule has 3 amide bonds. The van der Waals surface area contributed by atoms with Crippen LogP contribution in [0.3, 0.4) is 0 Å². The van der Waals surface area contributed by atoms with E-state index in [0.717, 1.165) is 16.7 Å². The van der Waals surface area contributed by atoms with Crippen LogP contribution in [0.25, 0.3) is 11.0 Å². The predicted molar refractivity (Wildman–Crippen MR) is 173 cm³/mol. The molecule has 1 fully saturated rings. The number of rotatable bonds is 5. The maximum Gasteiger partial charge on any atom is 0.275 e. The van der Waals surface area contributed by atoms with Gasteiger partial charge < -0.3 is 25.0 Å². The third-order valence-corrected chi connectivity index (χ3v) is 8.90. The summed E-state index contributed by atoms with van der Waals surface area (Å²) in [5.74, 6) is 0.817. The minimum Gasteiger partial charge on any atom is -0.493 e. The molecule has 2 aromatic heterocycles. The van der Waals surface area contributed by atoms with Crippen LogP contribution in [0, 0.1) is 0 Å². The van der Waals surface area contributed by atoms with Crippen LogP contribution in [0.2, 0.25) is 0 Å². The predicted octanol–water partition coefficient (Wildman–Crippen LogP) is 3.67. The Bertz CT molecular complexity index is 1720. The number of ether oxygens (including phenoxy) is 2. The summed E-state index contributed by atoms with van der Waals surface area (Å²) in [4.78, 5) is 47.0. The van der Waals surface area contributed by atoms with Gasteiger partial charge in [0.05, 0.1) is 26.2 Å². The molecule has 2 N–H and O–H groups in total. The maximum absolute atomic E-state index is 14.4. The monoisotopic (exact) mass is 624 g/mol. The summed E-state index contributed by atoms with van der Waals surface area (Å²) in [7, 11) is 3.21. The van der Waals surface area contributed by atoms with Gasteiger partial charge in [0, 0.05) is 44.2 Å². The Hall–Kier alpha value is -4.93. The minimum absolute atomic E-state index is 0.101. The summed E-state index contributed by atoms with van der Waals surface area (Å²) in [6.45, 7) is 1.24. The molecule has 1 saturated heterocycles. The normalized spacial score (nSPS) is 19.3. The molecule has 0 unspecified atom stereocenters. The largest absolute Gasteiger partial charge is 0.493 e. The minimum atomic E-state index is -0.324. The van der Waals surface area contributed by atoms with E-state index in [1.807, 2.05) is 48.5 Å². The molecule has 4 aromatic rings. The Morgan fingerprint density at radius 2 is 1.76 bits per heavy atom. The van der Waals surface area contributed by atoms with Crippen LogP contribution in [0.15, 0.2) is 60.8 Å². The molecule has 2 atom stereocenters. The van der Waals surface area contributed by atoms with Crippen LogP contribution in [0.4, 0.5) is 0 Å². The van der Waals surface area contributed by atoms with Gasteiger partial charge in [-0.1, -0.05) is 36.4 Å². The third-order valence-electron chi connectivity index (χ3n) is 8.90. The third kappa shape index (κ3) is 6.68. The summed E-state index contributed by atoms with van der Waals surface area (Å²) < 4.78 is 13.0. The number of carbonyl (C=O) groups excluding carboxylic acids is 3. The number of hydrogen-bond acceptors (Lipinski definition) is 7. The second kappa shape index (κ2) is 14.0. The van der Waals surface area contributed by atoms with E-state index in [1.54, 1.807) is 36.1 Å². The average Bonchev–Trinajstić information content (AvgIpc) is 3.65. The number of aryl methyl sites for hydroxylation is 2. The Kier molecular flexibility index (Phi) is 9.46. The molecule has 2 aromatic carbocycles. The average molecular weight is 625 g/mol. The van der Waals surface area contributed by atoms with Gasteiger partial charge in [0.25, 0.3) is 5.91 Å². The van der Waals surface area contributed by atoms with Gasteiger partial charge in [-0.05, 0) is 67.0 Å². The number of carbonyl (C=O) groups is 3. The van der Waals surface area contributed by atoms with E-state index in [9.17, 15) is 14.4 Å². The highest BCUT2D eigenvalue weighted by atomic mass is 16.5. The zero-order valence-electron chi connectivity index (χ0n) is 26.3. The van der Waals surface area contributed by atoms with E-state index < -0.39 is 0 Å². The summed E-state index contributed by atoms with van der Waals surface area (Å²) >= 11 is 0. The summed E-state index contributed by atoms with van der Waals surface area (Å²) in [6, 6.07) is 16.9. The van der Waals surface area contributed by atoms with Crippen LogP contribution in [-0.4, -0.2) is 76.8 Å². The van der Waals surface area contributed by atoms with Gasteiger partial charge in [0.2, 0.25) is 11.8 Å². The number of nitrogens with one attached hydrogen (secondary N) is 2. The van der Waals surface area contributed by atoms with Crippen molar-refractivity contribution in [3.05, 3.63) is 83.2 Å². The van der Waals surface area contributed by atoms with Crippen LogP contribution >= 0.6 is 0 Å². The Labute approximate surface area is 268 Å². The van der Waals surface area contributed by atoms with Gasteiger partial charge in [0.15, 0.2) is 22.8 Å². The molecule has 4 bridgehead atoms. The number of hydrogen-bond donors (Lipinski definition) is 2. The molecule has 0 radical (unpaired) electrons. The molecule has 4 heterocycles. The first-order valence-corrected chi connectivity index (χ1v) is 15.9. The highest BCUT2D eigenvalue weighted by Crippen LogP contribution is 2.34. The van der Waals surface area contributed by atoms with Crippen molar-refractivity contribution >= 4 is 28.8 Å². The number of amides is 3. The zero-order chi connectivity index (χ0) is 32.0. The Balaban J connectivity index is 1.26. The molecule has 2 aliphatic heterocycles. The van der Waals surface area contributed by atoms with Gasteiger partial charge in [-0.2, -0.15) is 5.10 Å². The van der Waals surface area contributed by atoms with Gasteiger partial charge in [-0.25, -0.2) is 9.67 Å². The fourth-order valence-corrected chi connectivity index (χ4v) is 6.66. The zero-order valence-corrected chi connectivity index (χ0v) is 26.3. The van der Waals surface area contributed by atoms with Crippen molar-refractivity contribution in [2.75, 3.05) is 27.3 Å². The van der Waals surface area contributed by atoms with Crippen molar-refractivity contribution in [1.29, 1.82) is 0 Å². The topological polar surface area (TPSA) is 128 Å². The van der Waals surface area contributed by atoms with Crippen molar-refractivity contribution in [2.45, 2.75) is 63.6 Å². The van der Waals surface area contributed by atoms with Gasteiger partial charge in [-0.15, -0.1) is 0 Å². The van der Waals surface area contributed by atoms with Gasteiger partial charge >= 0.3 is 0 Å². The highest BCUT2D eigenvalue weighted by molar-refractivity contribution is 6.04. The number of methoxy groups -OCH3 is 2. The maximum atomic E-state index is 14.4. The van der Waals surface area contributed by atoms with Crippen molar-refractivity contribution < 1.29 is 23.9 Å². The molecule has 11 heteroatoms. The van der Waals surface area contributed by atoms with Crippen LogP contribution in [0.5, 0.6) is 11.5 Å². The van der Waals surface area contributed by atoms with Crippen LogP contribution in [0.1, 0.15) is 59.3 Å². The lowest BCUT2D eigenvalue weighted by molar-refractivity contribution is -0.123. The lowest BCUT2D eigenvalue weighted by Crippen LogP contribution is -2.48. The summed E-state index contributed by atoms with van der Waals surface area (Å²) in [6.07, 6.45) is 5.38. The molecular weight excluding hydrogens is 584 g/mol. The lowest BCUT2D eigenvalue weighted by atomic mass is 10.0. The van der Waals surface area contributed by atoms with Crippen LogP contribution < -0.4 is 20.1 Å². The summed E-state index contributed by atoms with van der Waals surface area (Å²) in [5.41, 5.74) is 3.91. The molecule has 0 spiro atoms. The van der Waals surface area contributed by atoms with E-state index >= 15 is 0 Å². The second-order valence-electron chi connectivity index (χ2n) is 11.9. The molecule has 11 nitrogen and oxygen atoms in total. The molecule has 6 rings (SSSR count). The fourth-order valence-electron chi connectivity index (χ4n) is 6.66. The number of fused-ring (bicyclic) bond motifs is 5. The van der Waals surface area contributed by atoms with Crippen molar-refractivity contribution in [3.8, 4) is 11.5 Å². The smallest absolute Gasteiger partial charge is 0.275 e. The molecule has 2 aliphatic rings. The molecule has 0 aliphatic carbocycles. The number of benzene rings is 2. The molecule has 46 heavy (non-hydrogen) atoms. The van der Waals surface area contributed by atoms with Crippen molar-refractivity contribution in [1.82, 2.24) is 30.3 Å².